The van der Waals surface area contributed by atoms with Gasteiger partial charge in [0.1, 0.15) is 6.04 Å². The van der Waals surface area contributed by atoms with Gasteiger partial charge in [-0.2, -0.15) is 0 Å². The summed E-state index contributed by atoms with van der Waals surface area (Å²) < 4.78 is 0.863. The number of halogens is 2. The van der Waals surface area contributed by atoms with Crippen LogP contribution in [0.15, 0.2) is 46.9 Å². The fourth-order valence-electron chi connectivity index (χ4n) is 1.79. The molecular weight excluding hydrogens is 352 g/mol. The quantitative estimate of drug-likeness (QED) is 0.811. The fourth-order valence-corrected chi connectivity index (χ4v) is 2.33. The van der Waals surface area contributed by atoms with Gasteiger partial charge in [-0.25, -0.2) is 0 Å². The van der Waals surface area contributed by atoms with Crippen molar-refractivity contribution in [1.82, 2.24) is 0 Å². The Balaban J connectivity index is 2.02. The monoisotopic (exact) mass is 366 g/mol. The molecule has 2 N–H and O–H groups in total. The Hall–Kier alpha value is -1.52. The fraction of sp³-hybridized carbons (Fsp3) is 0.188. The van der Waals surface area contributed by atoms with Gasteiger partial charge >= 0.3 is 0 Å². The third kappa shape index (κ3) is 4.48. The Morgan fingerprint density at radius 1 is 1.19 bits per heavy atom. The summed E-state index contributed by atoms with van der Waals surface area (Å²) in [6.45, 7) is 3.81. The average molecular weight is 368 g/mol. The molecule has 0 bridgehead atoms. The van der Waals surface area contributed by atoms with E-state index in [4.69, 9.17) is 11.6 Å². The maximum absolute atomic E-state index is 12.2. The molecule has 1 atom stereocenters. The summed E-state index contributed by atoms with van der Waals surface area (Å²) in [7, 11) is 0. The summed E-state index contributed by atoms with van der Waals surface area (Å²) in [5.74, 6) is -0.106. The molecule has 2 aromatic carbocycles. The SMILES string of the molecule is Cc1ccc(NC(=O)C(C)Nc2cc(Cl)ccc2Br)cc1. The first kappa shape index (κ1) is 15.9. The van der Waals surface area contributed by atoms with Crippen LogP contribution in [0.25, 0.3) is 0 Å². The van der Waals surface area contributed by atoms with E-state index in [1.165, 1.54) is 0 Å². The molecule has 1 amide bonds. The van der Waals surface area contributed by atoms with Crippen molar-refractivity contribution in [2.24, 2.45) is 0 Å². The van der Waals surface area contributed by atoms with Crippen molar-refractivity contribution in [2.75, 3.05) is 10.6 Å². The molecule has 3 nitrogen and oxygen atoms in total. The van der Waals surface area contributed by atoms with Crippen LogP contribution in [0.5, 0.6) is 0 Å². The molecule has 0 saturated heterocycles. The van der Waals surface area contributed by atoms with Crippen molar-refractivity contribution in [3.8, 4) is 0 Å². The van der Waals surface area contributed by atoms with E-state index in [1.54, 1.807) is 19.1 Å². The van der Waals surface area contributed by atoms with Gasteiger partial charge in [0, 0.05) is 15.2 Å². The van der Waals surface area contributed by atoms with Crippen LogP contribution in [0.4, 0.5) is 11.4 Å². The molecule has 0 spiro atoms. The zero-order chi connectivity index (χ0) is 15.4. The van der Waals surface area contributed by atoms with Crippen molar-refractivity contribution < 1.29 is 4.79 Å². The summed E-state index contributed by atoms with van der Waals surface area (Å²) >= 11 is 9.39. The lowest BCUT2D eigenvalue weighted by Crippen LogP contribution is -2.31. The maximum atomic E-state index is 12.2. The van der Waals surface area contributed by atoms with E-state index in [-0.39, 0.29) is 11.9 Å². The number of hydrogen-bond donors (Lipinski definition) is 2. The van der Waals surface area contributed by atoms with Crippen LogP contribution in [0, 0.1) is 6.92 Å². The number of aryl methyl sites for hydroxylation is 1. The molecule has 110 valence electrons. The number of amides is 1. The zero-order valence-corrected chi connectivity index (χ0v) is 14.1. The highest BCUT2D eigenvalue weighted by Crippen LogP contribution is 2.26. The Morgan fingerprint density at radius 3 is 2.52 bits per heavy atom. The highest BCUT2D eigenvalue weighted by molar-refractivity contribution is 9.10. The van der Waals surface area contributed by atoms with Gasteiger partial charge in [-0.15, -0.1) is 0 Å². The summed E-state index contributed by atoms with van der Waals surface area (Å²) in [5, 5.41) is 6.63. The lowest BCUT2D eigenvalue weighted by molar-refractivity contribution is -0.116. The molecule has 2 rings (SSSR count). The minimum absolute atomic E-state index is 0.106. The molecule has 0 heterocycles. The minimum Gasteiger partial charge on any atom is -0.373 e. The van der Waals surface area contributed by atoms with E-state index in [9.17, 15) is 4.79 Å². The van der Waals surface area contributed by atoms with Crippen molar-refractivity contribution in [2.45, 2.75) is 19.9 Å². The zero-order valence-electron chi connectivity index (χ0n) is 11.8. The lowest BCUT2D eigenvalue weighted by atomic mass is 10.2. The van der Waals surface area contributed by atoms with E-state index in [0.717, 1.165) is 21.4 Å². The third-order valence-electron chi connectivity index (χ3n) is 3.01. The van der Waals surface area contributed by atoms with E-state index in [2.05, 4.69) is 26.6 Å². The van der Waals surface area contributed by atoms with Crippen LogP contribution in [-0.4, -0.2) is 11.9 Å². The van der Waals surface area contributed by atoms with Crippen LogP contribution < -0.4 is 10.6 Å². The lowest BCUT2D eigenvalue weighted by Gasteiger charge is -2.16. The van der Waals surface area contributed by atoms with Gasteiger partial charge in [0.05, 0.1) is 5.69 Å². The molecule has 0 aliphatic carbocycles. The summed E-state index contributed by atoms with van der Waals surface area (Å²) in [5.41, 5.74) is 2.72. The Morgan fingerprint density at radius 2 is 1.86 bits per heavy atom. The molecule has 1 unspecified atom stereocenters. The van der Waals surface area contributed by atoms with Crippen molar-refractivity contribution in [3.63, 3.8) is 0 Å². The molecule has 0 aliphatic heterocycles. The number of carbonyl (C=O) groups is 1. The first-order valence-corrected chi connectivity index (χ1v) is 7.72. The molecule has 2 aromatic rings. The Kier molecular flexibility index (Phi) is 5.26. The molecule has 0 aromatic heterocycles. The van der Waals surface area contributed by atoms with Gasteiger partial charge in [0.25, 0.3) is 0 Å². The summed E-state index contributed by atoms with van der Waals surface area (Å²) in [6.07, 6.45) is 0. The van der Waals surface area contributed by atoms with Crippen LogP contribution in [0.1, 0.15) is 12.5 Å². The first-order valence-electron chi connectivity index (χ1n) is 6.55. The second kappa shape index (κ2) is 6.96. The molecule has 0 saturated carbocycles. The normalized spacial score (nSPS) is 11.8. The largest absolute Gasteiger partial charge is 0.373 e. The Labute approximate surface area is 137 Å². The van der Waals surface area contributed by atoms with Crippen molar-refractivity contribution in [3.05, 3.63) is 57.5 Å². The third-order valence-corrected chi connectivity index (χ3v) is 3.94. The Bertz CT molecular complexity index is 643. The predicted octanol–water partition coefficient (Wildman–Crippen LogP) is 4.85. The molecule has 5 heteroatoms. The van der Waals surface area contributed by atoms with Gasteiger partial charge in [-0.3, -0.25) is 4.79 Å². The van der Waals surface area contributed by atoms with E-state index in [1.807, 2.05) is 37.3 Å². The molecule has 0 fully saturated rings. The first-order chi connectivity index (χ1) is 9.95. The van der Waals surface area contributed by atoms with E-state index >= 15 is 0 Å². The minimum atomic E-state index is -0.388. The van der Waals surface area contributed by atoms with Crippen molar-refractivity contribution >= 4 is 44.8 Å². The van der Waals surface area contributed by atoms with Crippen LogP contribution >= 0.6 is 27.5 Å². The van der Waals surface area contributed by atoms with E-state index < -0.39 is 0 Å². The summed E-state index contributed by atoms with van der Waals surface area (Å²) in [4.78, 5) is 12.2. The standard InChI is InChI=1S/C16H16BrClN2O/c1-10-3-6-13(7-4-10)20-16(21)11(2)19-15-9-12(18)5-8-14(15)17/h3-9,11,19H,1-2H3,(H,20,21). The molecule has 0 radical (unpaired) electrons. The maximum Gasteiger partial charge on any atom is 0.246 e. The van der Waals surface area contributed by atoms with Crippen molar-refractivity contribution in [1.29, 1.82) is 0 Å². The van der Waals surface area contributed by atoms with Gasteiger partial charge in [0.15, 0.2) is 0 Å². The van der Waals surface area contributed by atoms with Gasteiger partial charge in [-0.1, -0.05) is 29.3 Å². The topological polar surface area (TPSA) is 41.1 Å². The smallest absolute Gasteiger partial charge is 0.246 e. The van der Waals surface area contributed by atoms with Crippen LogP contribution in [0.3, 0.4) is 0 Å². The number of anilines is 2. The average Bonchev–Trinajstić information content (AvgIpc) is 2.45. The van der Waals surface area contributed by atoms with Gasteiger partial charge < -0.3 is 10.6 Å². The molecule has 0 aliphatic rings. The number of benzene rings is 2. The van der Waals surface area contributed by atoms with Crippen LogP contribution in [-0.2, 0) is 4.79 Å². The number of nitrogens with one attached hydrogen (secondary N) is 2. The van der Waals surface area contributed by atoms with E-state index in [0.29, 0.717) is 5.02 Å². The van der Waals surface area contributed by atoms with Crippen LogP contribution in [0.2, 0.25) is 5.02 Å². The van der Waals surface area contributed by atoms with Gasteiger partial charge in [0.2, 0.25) is 5.91 Å². The van der Waals surface area contributed by atoms with Gasteiger partial charge in [-0.05, 0) is 60.1 Å². The second-order valence-corrected chi connectivity index (χ2v) is 6.14. The molecular formula is C16H16BrClN2O. The predicted molar refractivity (Wildman–Crippen MR) is 92.0 cm³/mol. The second-order valence-electron chi connectivity index (χ2n) is 4.85. The molecule has 21 heavy (non-hydrogen) atoms. The summed E-state index contributed by atoms with van der Waals surface area (Å²) in [6, 6.07) is 12.7. The highest BCUT2D eigenvalue weighted by atomic mass is 79.9. The number of carbonyl (C=O) groups excluding carboxylic acids is 1. The number of rotatable bonds is 4. The number of hydrogen-bond acceptors (Lipinski definition) is 2. The highest BCUT2D eigenvalue weighted by Gasteiger charge is 2.14.